The van der Waals surface area contributed by atoms with E-state index >= 15 is 0 Å². The lowest BCUT2D eigenvalue weighted by Gasteiger charge is -2.17. The first-order chi connectivity index (χ1) is 10.3. The number of hydrogen-bond donors (Lipinski definition) is 5. The molecular weight excluding hydrogens is 314 g/mol. The molecule has 0 aromatic rings. The lowest BCUT2D eigenvalue weighted by atomic mass is 10.1. The van der Waals surface area contributed by atoms with Crippen LogP contribution in [-0.4, -0.2) is 64.1 Å². The van der Waals surface area contributed by atoms with Crippen LogP contribution >= 0.6 is 11.8 Å². The molecule has 0 aromatic carbocycles. The van der Waals surface area contributed by atoms with E-state index in [1.165, 1.54) is 11.8 Å². The summed E-state index contributed by atoms with van der Waals surface area (Å²) in [7, 11) is 0. The summed E-state index contributed by atoms with van der Waals surface area (Å²) in [6, 6.07) is -2.02. The van der Waals surface area contributed by atoms with E-state index in [9.17, 15) is 19.2 Å². The highest BCUT2D eigenvalue weighted by molar-refractivity contribution is 7.99. The Hall–Kier alpha value is -1.81. The number of nitrogens with one attached hydrogen (secondary N) is 2. The summed E-state index contributed by atoms with van der Waals surface area (Å²) in [5.74, 6) is -2.48. The van der Waals surface area contributed by atoms with Crippen LogP contribution in [0.4, 0.5) is 0 Å². The van der Waals surface area contributed by atoms with Crippen LogP contribution in [0.1, 0.15) is 19.8 Å². The predicted molar refractivity (Wildman–Crippen MR) is 80.4 cm³/mol. The Labute approximate surface area is 132 Å². The maximum Gasteiger partial charge on any atom is 0.322 e. The van der Waals surface area contributed by atoms with Crippen molar-refractivity contribution in [1.82, 2.24) is 10.6 Å². The molecule has 126 valence electrons. The number of rotatable bonds is 11. The van der Waals surface area contributed by atoms with Crippen LogP contribution in [0.15, 0.2) is 0 Å². The van der Waals surface area contributed by atoms with E-state index in [4.69, 9.17) is 15.9 Å². The van der Waals surface area contributed by atoms with Gasteiger partial charge < -0.3 is 26.6 Å². The number of hydrogen-bond acceptors (Lipinski definition) is 6. The van der Waals surface area contributed by atoms with Gasteiger partial charge in [-0.1, -0.05) is 6.92 Å². The first-order valence-electron chi connectivity index (χ1n) is 6.62. The Morgan fingerprint density at radius 2 is 1.86 bits per heavy atom. The normalized spacial score (nSPS) is 13.0. The molecule has 0 aliphatic carbocycles. The molecule has 2 atom stereocenters. The summed E-state index contributed by atoms with van der Waals surface area (Å²) in [6.45, 7) is 1.34. The number of carbonyl (C=O) groups is 4. The van der Waals surface area contributed by atoms with E-state index in [0.717, 1.165) is 5.75 Å². The number of carbonyl (C=O) groups excluding carboxylic acids is 2. The Morgan fingerprint density at radius 1 is 1.23 bits per heavy atom. The minimum Gasteiger partial charge on any atom is -0.480 e. The molecule has 2 amide bonds. The summed E-state index contributed by atoms with van der Waals surface area (Å²) in [5, 5.41) is 21.8. The van der Waals surface area contributed by atoms with E-state index < -0.39 is 42.4 Å². The second-order valence-corrected chi connectivity index (χ2v) is 5.69. The zero-order valence-corrected chi connectivity index (χ0v) is 13.0. The third kappa shape index (κ3) is 9.19. The number of carboxylic acids is 2. The lowest BCUT2D eigenvalue weighted by molar-refractivity contribution is -0.139. The molecule has 0 fully saturated rings. The Kier molecular flexibility index (Phi) is 9.96. The van der Waals surface area contributed by atoms with Crippen molar-refractivity contribution in [3.63, 3.8) is 0 Å². The van der Waals surface area contributed by atoms with Crippen molar-refractivity contribution in [2.75, 3.05) is 18.1 Å². The molecule has 0 saturated carbocycles. The number of nitrogens with two attached hydrogens (primary N) is 1. The van der Waals surface area contributed by atoms with Gasteiger partial charge in [-0.15, -0.1) is 0 Å². The van der Waals surface area contributed by atoms with Gasteiger partial charge in [-0.25, -0.2) is 0 Å². The van der Waals surface area contributed by atoms with Crippen LogP contribution in [-0.2, 0) is 19.2 Å². The minimum absolute atomic E-state index is 0.0500. The molecule has 0 bridgehead atoms. The summed E-state index contributed by atoms with van der Waals surface area (Å²) < 4.78 is 0. The highest BCUT2D eigenvalue weighted by Gasteiger charge is 2.22. The summed E-state index contributed by atoms with van der Waals surface area (Å²) in [5.41, 5.74) is 5.29. The van der Waals surface area contributed by atoms with Crippen molar-refractivity contribution in [1.29, 1.82) is 0 Å². The Balaban J connectivity index is 4.43. The van der Waals surface area contributed by atoms with Crippen molar-refractivity contribution in [2.45, 2.75) is 31.8 Å². The monoisotopic (exact) mass is 335 g/mol. The minimum atomic E-state index is -1.20. The Morgan fingerprint density at radius 3 is 2.36 bits per heavy atom. The van der Waals surface area contributed by atoms with Gasteiger partial charge in [0.1, 0.15) is 18.6 Å². The average molecular weight is 335 g/mol. The summed E-state index contributed by atoms with van der Waals surface area (Å²) in [4.78, 5) is 44.5. The fraction of sp³-hybridized carbons (Fsp3) is 0.667. The molecule has 0 aromatic heterocycles. The average Bonchev–Trinajstić information content (AvgIpc) is 2.46. The molecule has 0 rings (SSSR count). The first-order valence-corrected chi connectivity index (χ1v) is 7.78. The molecule has 6 N–H and O–H groups in total. The van der Waals surface area contributed by atoms with Crippen molar-refractivity contribution < 1.29 is 29.4 Å². The smallest absolute Gasteiger partial charge is 0.322 e. The highest BCUT2D eigenvalue weighted by Crippen LogP contribution is 2.04. The predicted octanol–water partition coefficient (Wildman–Crippen LogP) is -1.38. The van der Waals surface area contributed by atoms with Crippen LogP contribution in [0.2, 0.25) is 0 Å². The zero-order valence-electron chi connectivity index (χ0n) is 12.2. The molecule has 0 saturated heterocycles. The van der Waals surface area contributed by atoms with Gasteiger partial charge in [0.25, 0.3) is 0 Å². The maximum atomic E-state index is 11.8. The van der Waals surface area contributed by atoms with Crippen molar-refractivity contribution in [2.24, 2.45) is 5.73 Å². The molecular formula is C12H21N3O6S. The second-order valence-electron chi connectivity index (χ2n) is 4.37. The van der Waals surface area contributed by atoms with Crippen molar-refractivity contribution >= 4 is 35.5 Å². The standard InChI is InChI=1S/C12H21N3O6S/c1-2-22-6-8(11(19)14-5-10(17)18)15-9(16)4-3-7(13)12(20)21/h7-8H,2-6,13H2,1H3,(H,14,19)(H,15,16)(H,17,18)(H,20,21)/t7-,8-/m1/s1. The second kappa shape index (κ2) is 10.9. The highest BCUT2D eigenvalue weighted by atomic mass is 32.2. The topological polar surface area (TPSA) is 159 Å². The van der Waals surface area contributed by atoms with Gasteiger partial charge in [-0.3, -0.25) is 19.2 Å². The Bertz CT molecular complexity index is 418. The molecule has 0 aliphatic heterocycles. The van der Waals surface area contributed by atoms with Crippen LogP contribution in [0, 0.1) is 0 Å². The van der Waals surface area contributed by atoms with Gasteiger partial charge in [-0.05, 0) is 12.2 Å². The van der Waals surface area contributed by atoms with Gasteiger partial charge in [0.05, 0.1) is 0 Å². The van der Waals surface area contributed by atoms with Crippen LogP contribution in [0.25, 0.3) is 0 Å². The number of thioether (sulfide) groups is 1. The van der Waals surface area contributed by atoms with Crippen LogP contribution < -0.4 is 16.4 Å². The van der Waals surface area contributed by atoms with Crippen molar-refractivity contribution in [3.8, 4) is 0 Å². The molecule has 10 heteroatoms. The van der Waals surface area contributed by atoms with Gasteiger partial charge in [0, 0.05) is 12.2 Å². The summed E-state index contributed by atoms with van der Waals surface area (Å²) >= 11 is 1.41. The molecule has 0 spiro atoms. The SMILES string of the molecule is CCSC[C@@H](NC(=O)CC[C@@H](N)C(=O)O)C(=O)NCC(=O)O. The number of amides is 2. The molecule has 0 radical (unpaired) electrons. The first kappa shape index (κ1) is 20.2. The van der Waals surface area contributed by atoms with Gasteiger partial charge in [0.15, 0.2) is 0 Å². The maximum absolute atomic E-state index is 11.8. The zero-order chi connectivity index (χ0) is 17.1. The molecule has 22 heavy (non-hydrogen) atoms. The lowest BCUT2D eigenvalue weighted by Crippen LogP contribution is -2.49. The van der Waals surface area contributed by atoms with Crippen LogP contribution in [0.3, 0.4) is 0 Å². The molecule has 0 unspecified atom stereocenters. The van der Waals surface area contributed by atoms with E-state index in [0.29, 0.717) is 5.75 Å². The molecule has 0 aliphatic rings. The van der Waals surface area contributed by atoms with Crippen molar-refractivity contribution in [3.05, 3.63) is 0 Å². The summed E-state index contributed by atoms with van der Waals surface area (Å²) in [6.07, 6.45) is -0.182. The molecule has 0 heterocycles. The van der Waals surface area contributed by atoms with E-state index in [2.05, 4.69) is 10.6 Å². The van der Waals surface area contributed by atoms with Gasteiger partial charge >= 0.3 is 11.9 Å². The quantitative estimate of drug-likeness (QED) is 0.309. The van der Waals surface area contributed by atoms with E-state index in [1.807, 2.05) is 6.92 Å². The largest absolute Gasteiger partial charge is 0.480 e. The molecule has 9 nitrogen and oxygen atoms in total. The number of carboxylic acid groups (broad SMARTS) is 2. The van der Waals surface area contributed by atoms with E-state index in [1.54, 1.807) is 0 Å². The van der Waals surface area contributed by atoms with Crippen LogP contribution in [0.5, 0.6) is 0 Å². The third-order valence-electron chi connectivity index (χ3n) is 2.55. The fourth-order valence-electron chi connectivity index (χ4n) is 1.38. The van der Waals surface area contributed by atoms with Gasteiger partial charge in [-0.2, -0.15) is 11.8 Å². The fourth-order valence-corrected chi connectivity index (χ4v) is 2.09. The number of aliphatic carboxylic acids is 2. The van der Waals surface area contributed by atoms with Gasteiger partial charge in [0.2, 0.25) is 11.8 Å². The third-order valence-corrected chi connectivity index (χ3v) is 3.53. The van der Waals surface area contributed by atoms with E-state index in [-0.39, 0.29) is 12.8 Å².